The summed E-state index contributed by atoms with van der Waals surface area (Å²) in [6.07, 6.45) is 5.06. The van der Waals surface area contributed by atoms with Crippen molar-refractivity contribution in [1.29, 1.82) is 0 Å². The Morgan fingerprint density at radius 3 is 2.17 bits per heavy atom. The molecule has 2 amide bonds. The molecule has 3 aromatic rings. The third-order valence-electron chi connectivity index (χ3n) is 7.12. The average molecular weight is 603 g/mol. The molecule has 1 aliphatic carbocycles. The second-order valence-corrected chi connectivity index (χ2v) is 12.6. The largest absolute Gasteiger partial charge is 0.352 e. The number of anilines is 1. The smallest absolute Gasteiger partial charge is 0.264 e. The minimum atomic E-state index is -4.17. The second kappa shape index (κ2) is 13.5. The summed E-state index contributed by atoms with van der Waals surface area (Å²) in [5, 5.41) is 3.82. The second-order valence-electron chi connectivity index (χ2n) is 9.94. The maximum absolute atomic E-state index is 14.0. The Bertz CT molecular complexity index is 1410. The van der Waals surface area contributed by atoms with Crippen molar-refractivity contribution in [1.82, 2.24) is 10.2 Å². The van der Waals surface area contributed by atoms with Crippen molar-refractivity contribution in [3.05, 3.63) is 94.5 Å². The zero-order valence-corrected chi connectivity index (χ0v) is 24.6. The first-order valence-electron chi connectivity index (χ1n) is 13.3. The number of nitrogens with one attached hydrogen (secondary N) is 1. The van der Waals surface area contributed by atoms with E-state index < -0.39 is 28.5 Å². The van der Waals surface area contributed by atoms with E-state index in [0.29, 0.717) is 5.02 Å². The van der Waals surface area contributed by atoms with Crippen LogP contribution < -0.4 is 9.62 Å². The van der Waals surface area contributed by atoms with Gasteiger partial charge in [-0.25, -0.2) is 8.42 Å². The molecule has 212 valence electrons. The highest BCUT2D eigenvalue weighted by Gasteiger charge is 2.33. The number of carbonyl (C=O) groups excluding carboxylic acids is 2. The van der Waals surface area contributed by atoms with Crippen molar-refractivity contribution >= 4 is 50.7 Å². The number of sulfonamides is 1. The molecule has 1 atom stereocenters. The van der Waals surface area contributed by atoms with E-state index in [9.17, 15) is 18.0 Å². The molecule has 0 spiro atoms. The highest BCUT2D eigenvalue weighted by atomic mass is 35.5. The van der Waals surface area contributed by atoms with Crippen molar-refractivity contribution < 1.29 is 18.0 Å². The van der Waals surface area contributed by atoms with E-state index in [2.05, 4.69) is 5.32 Å². The van der Waals surface area contributed by atoms with Gasteiger partial charge in [0.15, 0.2) is 0 Å². The lowest BCUT2D eigenvalue weighted by Crippen LogP contribution is -2.53. The van der Waals surface area contributed by atoms with Crippen molar-refractivity contribution in [2.75, 3.05) is 10.8 Å². The Labute approximate surface area is 246 Å². The van der Waals surface area contributed by atoms with Gasteiger partial charge in [-0.1, -0.05) is 84.9 Å². The maximum atomic E-state index is 14.0. The van der Waals surface area contributed by atoms with E-state index in [1.165, 1.54) is 17.0 Å². The molecule has 0 heterocycles. The molecule has 1 saturated carbocycles. The Kier molecular flexibility index (Phi) is 10.1. The molecule has 0 radical (unpaired) electrons. The third kappa shape index (κ3) is 7.36. The van der Waals surface area contributed by atoms with Gasteiger partial charge in [0.05, 0.1) is 15.6 Å². The van der Waals surface area contributed by atoms with E-state index in [1.807, 2.05) is 0 Å². The van der Waals surface area contributed by atoms with Crippen LogP contribution in [0.25, 0.3) is 0 Å². The monoisotopic (exact) mass is 601 g/mol. The SMILES string of the molecule is C[C@H](C(=O)NC1CCCCC1)N(Cc1ccc(Cl)cc1)C(=O)CN(c1ccccc1Cl)S(=O)(=O)c1ccccc1. The van der Waals surface area contributed by atoms with E-state index in [0.717, 1.165) is 42.0 Å². The fraction of sp³-hybridized carbons (Fsp3) is 0.333. The lowest BCUT2D eigenvalue weighted by atomic mass is 9.95. The van der Waals surface area contributed by atoms with Crippen LogP contribution in [-0.2, 0) is 26.2 Å². The topological polar surface area (TPSA) is 86.8 Å². The summed E-state index contributed by atoms with van der Waals surface area (Å²) >= 11 is 12.5. The molecule has 10 heteroatoms. The summed E-state index contributed by atoms with van der Waals surface area (Å²) in [4.78, 5) is 28.8. The molecule has 3 aromatic carbocycles. The molecule has 0 saturated heterocycles. The highest BCUT2D eigenvalue weighted by Crippen LogP contribution is 2.31. The van der Waals surface area contributed by atoms with Gasteiger partial charge in [-0.2, -0.15) is 0 Å². The molecule has 0 aliphatic heterocycles. The summed E-state index contributed by atoms with van der Waals surface area (Å²) < 4.78 is 28.6. The van der Waals surface area contributed by atoms with Gasteiger partial charge in [0.1, 0.15) is 12.6 Å². The van der Waals surface area contributed by atoms with Gasteiger partial charge in [-0.3, -0.25) is 13.9 Å². The first-order chi connectivity index (χ1) is 19.2. The molecular formula is C30H33Cl2N3O4S. The van der Waals surface area contributed by atoms with Crippen molar-refractivity contribution in [2.45, 2.75) is 62.6 Å². The number of hydrogen-bond donors (Lipinski definition) is 1. The number of halogens is 2. The van der Waals surface area contributed by atoms with Crippen LogP contribution in [0.5, 0.6) is 0 Å². The Balaban J connectivity index is 1.67. The number of hydrogen-bond acceptors (Lipinski definition) is 4. The van der Waals surface area contributed by atoms with Crippen LogP contribution >= 0.6 is 23.2 Å². The number of para-hydroxylation sites is 1. The first kappa shape index (κ1) is 29.9. The van der Waals surface area contributed by atoms with Crippen molar-refractivity contribution in [3.8, 4) is 0 Å². The van der Waals surface area contributed by atoms with E-state index in [1.54, 1.807) is 73.7 Å². The summed E-state index contributed by atoms with van der Waals surface area (Å²) in [6, 6.07) is 20.5. The lowest BCUT2D eigenvalue weighted by Gasteiger charge is -2.33. The molecule has 0 bridgehead atoms. The molecule has 40 heavy (non-hydrogen) atoms. The third-order valence-corrected chi connectivity index (χ3v) is 9.46. The molecule has 1 fully saturated rings. The molecular weight excluding hydrogens is 569 g/mol. The van der Waals surface area contributed by atoms with Gasteiger partial charge < -0.3 is 10.2 Å². The van der Waals surface area contributed by atoms with E-state index in [-0.39, 0.29) is 34.1 Å². The van der Waals surface area contributed by atoms with Crippen molar-refractivity contribution in [2.24, 2.45) is 0 Å². The summed E-state index contributed by atoms with van der Waals surface area (Å²) in [5.41, 5.74) is 0.928. The Morgan fingerprint density at radius 2 is 1.52 bits per heavy atom. The predicted molar refractivity (Wildman–Crippen MR) is 159 cm³/mol. The molecule has 7 nitrogen and oxygen atoms in total. The molecule has 1 N–H and O–H groups in total. The zero-order valence-electron chi connectivity index (χ0n) is 22.3. The fourth-order valence-electron chi connectivity index (χ4n) is 4.82. The summed E-state index contributed by atoms with van der Waals surface area (Å²) in [6.45, 7) is 1.21. The number of benzene rings is 3. The summed E-state index contributed by atoms with van der Waals surface area (Å²) in [5.74, 6) is -0.815. The van der Waals surface area contributed by atoms with Crippen LogP contribution in [0, 0.1) is 0 Å². The van der Waals surface area contributed by atoms with Gasteiger partial charge in [-0.05, 0) is 61.7 Å². The number of amides is 2. The molecule has 0 unspecified atom stereocenters. The van der Waals surface area contributed by atoms with Gasteiger partial charge >= 0.3 is 0 Å². The van der Waals surface area contributed by atoms with Crippen LogP contribution in [0.4, 0.5) is 5.69 Å². The van der Waals surface area contributed by atoms with Crippen LogP contribution in [0.15, 0.2) is 83.8 Å². The fourth-order valence-corrected chi connectivity index (χ4v) is 6.69. The Hall–Kier alpha value is -3.07. The van der Waals surface area contributed by atoms with E-state index >= 15 is 0 Å². The lowest BCUT2D eigenvalue weighted by molar-refractivity contribution is -0.139. The Morgan fingerprint density at radius 1 is 0.900 bits per heavy atom. The number of nitrogens with zero attached hydrogens (tertiary/aromatic N) is 2. The normalized spacial score (nSPS) is 14.8. The van der Waals surface area contributed by atoms with Crippen LogP contribution in [0.1, 0.15) is 44.6 Å². The highest BCUT2D eigenvalue weighted by molar-refractivity contribution is 7.92. The summed E-state index contributed by atoms with van der Waals surface area (Å²) in [7, 11) is -4.17. The van der Waals surface area contributed by atoms with Gasteiger partial charge in [-0.15, -0.1) is 0 Å². The predicted octanol–water partition coefficient (Wildman–Crippen LogP) is 6.05. The number of carbonyl (C=O) groups is 2. The average Bonchev–Trinajstić information content (AvgIpc) is 2.96. The first-order valence-corrected chi connectivity index (χ1v) is 15.5. The maximum Gasteiger partial charge on any atom is 0.264 e. The molecule has 0 aromatic heterocycles. The quantitative estimate of drug-likeness (QED) is 0.306. The number of rotatable bonds is 10. The van der Waals surface area contributed by atoms with Gasteiger partial charge in [0.25, 0.3) is 10.0 Å². The minimum Gasteiger partial charge on any atom is -0.352 e. The van der Waals surface area contributed by atoms with Gasteiger partial charge in [0, 0.05) is 17.6 Å². The van der Waals surface area contributed by atoms with Crippen LogP contribution in [0.3, 0.4) is 0 Å². The molecule has 4 rings (SSSR count). The molecule has 1 aliphatic rings. The van der Waals surface area contributed by atoms with E-state index in [4.69, 9.17) is 23.2 Å². The van der Waals surface area contributed by atoms with Crippen LogP contribution in [0.2, 0.25) is 10.0 Å². The standard InChI is InChI=1S/C30H33Cl2N3O4S/c1-22(30(37)33-25-10-4-2-5-11-25)34(20-23-16-18-24(31)19-17-23)29(36)21-35(28-15-9-8-14-27(28)32)40(38,39)26-12-6-3-7-13-26/h3,6-9,12-19,22,25H,2,4-5,10-11,20-21H2,1H3,(H,33,37)/t22-/m1/s1. The minimum absolute atomic E-state index is 0.0232. The van der Waals surface area contributed by atoms with Crippen LogP contribution in [-0.4, -0.2) is 43.8 Å². The van der Waals surface area contributed by atoms with Crippen molar-refractivity contribution in [3.63, 3.8) is 0 Å². The van der Waals surface area contributed by atoms with Gasteiger partial charge in [0.2, 0.25) is 11.8 Å². The zero-order chi connectivity index (χ0) is 28.7.